The number of hydrogen-bond acceptors (Lipinski definition) is 4. The highest BCUT2D eigenvalue weighted by Gasteiger charge is 2.07. The number of benzene rings is 1. The van der Waals surface area contributed by atoms with Crippen molar-refractivity contribution in [2.45, 2.75) is 13.8 Å². The number of hydrogen-bond donors (Lipinski definition) is 1. The van der Waals surface area contributed by atoms with E-state index in [4.69, 9.17) is 11.6 Å². The summed E-state index contributed by atoms with van der Waals surface area (Å²) >= 11 is 6.17. The van der Waals surface area contributed by atoms with Gasteiger partial charge < -0.3 is 10.2 Å². The Labute approximate surface area is 129 Å². The molecule has 1 aromatic carbocycles. The summed E-state index contributed by atoms with van der Waals surface area (Å²) in [6, 6.07) is 3.70. The minimum Gasteiger partial charge on any atom is -0.366 e. The Balaban J connectivity index is 2.30. The molecule has 21 heavy (non-hydrogen) atoms. The van der Waals surface area contributed by atoms with Gasteiger partial charge in [0, 0.05) is 36.7 Å². The van der Waals surface area contributed by atoms with Crippen molar-refractivity contribution in [2.24, 2.45) is 4.99 Å². The monoisotopic (exact) mass is 303 g/mol. The maximum atomic E-state index is 6.17. The highest BCUT2D eigenvalue weighted by Crippen LogP contribution is 2.31. The first kappa shape index (κ1) is 15.3. The van der Waals surface area contributed by atoms with Crippen molar-refractivity contribution in [3.8, 4) is 0 Å². The lowest BCUT2D eigenvalue weighted by Gasteiger charge is -2.13. The highest BCUT2D eigenvalue weighted by atomic mass is 35.5. The van der Waals surface area contributed by atoms with Gasteiger partial charge in [-0.05, 0) is 31.5 Å². The molecule has 1 heterocycles. The Morgan fingerprint density at radius 2 is 2.19 bits per heavy atom. The smallest absolute Gasteiger partial charge is 0.148 e. The zero-order valence-corrected chi connectivity index (χ0v) is 13.1. The number of anilines is 2. The Kier molecular flexibility index (Phi) is 5.11. The molecule has 0 atom stereocenters. The van der Waals surface area contributed by atoms with E-state index in [-0.39, 0.29) is 0 Å². The topological polar surface area (TPSA) is 53.4 Å². The molecule has 0 amide bonds. The van der Waals surface area contributed by atoms with Crippen LogP contribution >= 0.6 is 11.6 Å². The Morgan fingerprint density at radius 1 is 1.38 bits per heavy atom. The van der Waals surface area contributed by atoms with Crippen LogP contribution < -0.4 is 5.32 Å². The minimum atomic E-state index is 0.623. The second kappa shape index (κ2) is 7.04. The number of aliphatic imine (C=N–C) groups is 1. The van der Waals surface area contributed by atoms with Gasteiger partial charge in [0.1, 0.15) is 5.82 Å². The van der Waals surface area contributed by atoms with Gasteiger partial charge in [-0.15, -0.1) is 0 Å². The average molecular weight is 304 g/mol. The molecule has 0 saturated carbocycles. The van der Waals surface area contributed by atoms with E-state index < -0.39 is 0 Å². The fourth-order valence-electron chi connectivity index (χ4n) is 1.67. The van der Waals surface area contributed by atoms with Crippen molar-refractivity contribution in [2.75, 3.05) is 18.9 Å². The summed E-state index contributed by atoms with van der Waals surface area (Å²) in [6.07, 6.45) is 6.72. The Hall–Kier alpha value is -2.14. The van der Waals surface area contributed by atoms with Crippen LogP contribution in [-0.4, -0.2) is 34.8 Å². The maximum Gasteiger partial charge on any atom is 0.148 e. The van der Waals surface area contributed by atoms with Crippen LogP contribution in [0.15, 0.2) is 35.7 Å². The normalized spacial score (nSPS) is 10.9. The van der Waals surface area contributed by atoms with E-state index in [0.29, 0.717) is 10.8 Å². The molecular weight excluding hydrogens is 286 g/mol. The number of halogens is 1. The second-order valence-corrected chi connectivity index (χ2v) is 5.07. The summed E-state index contributed by atoms with van der Waals surface area (Å²) in [5, 5.41) is 3.83. The van der Waals surface area contributed by atoms with Gasteiger partial charge in [0.05, 0.1) is 18.2 Å². The average Bonchev–Trinajstić information content (AvgIpc) is 2.49. The molecule has 0 radical (unpaired) electrons. The number of aromatic nitrogens is 2. The summed E-state index contributed by atoms with van der Waals surface area (Å²) < 4.78 is 0. The molecule has 0 aliphatic rings. The molecular formula is C15H18ClN5. The van der Waals surface area contributed by atoms with Crippen molar-refractivity contribution >= 4 is 35.1 Å². The highest BCUT2D eigenvalue weighted by molar-refractivity contribution is 6.31. The van der Waals surface area contributed by atoms with Crippen LogP contribution in [0.5, 0.6) is 0 Å². The van der Waals surface area contributed by atoms with Crippen molar-refractivity contribution in [1.82, 2.24) is 14.9 Å². The second-order valence-electron chi connectivity index (χ2n) is 4.63. The van der Waals surface area contributed by atoms with Crippen molar-refractivity contribution in [1.29, 1.82) is 0 Å². The van der Waals surface area contributed by atoms with E-state index in [1.807, 2.05) is 31.0 Å². The SMILES string of the molecule is CCN(C)/C=N\c1cc(Cl)cc(Nc2cnccn2)c1C. The molecule has 110 valence electrons. The van der Waals surface area contributed by atoms with Gasteiger partial charge >= 0.3 is 0 Å². The lowest BCUT2D eigenvalue weighted by Crippen LogP contribution is -2.14. The first-order valence-corrected chi connectivity index (χ1v) is 7.05. The summed E-state index contributed by atoms with van der Waals surface area (Å²) in [5.74, 6) is 0.670. The van der Waals surface area contributed by atoms with Gasteiger partial charge in [0.15, 0.2) is 0 Å². The van der Waals surface area contributed by atoms with Gasteiger partial charge in [0.25, 0.3) is 0 Å². The Bertz CT molecular complexity index is 627. The molecule has 2 rings (SSSR count). The zero-order valence-electron chi connectivity index (χ0n) is 12.3. The molecule has 0 spiro atoms. The van der Waals surface area contributed by atoms with Crippen LogP contribution in [0.2, 0.25) is 5.02 Å². The third kappa shape index (κ3) is 4.16. The van der Waals surface area contributed by atoms with Crippen molar-refractivity contribution in [3.05, 3.63) is 41.3 Å². The predicted octanol–water partition coefficient (Wildman–Crippen LogP) is 3.79. The molecule has 5 nitrogen and oxygen atoms in total. The lowest BCUT2D eigenvalue weighted by molar-refractivity contribution is 0.552. The van der Waals surface area contributed by atoms with Crippen LogP contribution in [0.3, 0.4) is 0 Å². The minimum absolute atomic E-state index is 0.623. The molecule has 0 saturated heterocycles. The number of nitrogens with zero attached hydrogens (tertiary/aromatic N) is 4. The fraction of sp³-hybridized carbons (Fsp3) is 0.267. The maximum absolute atomic E-state index is 6.17. The number of nitrogens with one attached hydrogen (secondary N) is 1. The van der Waals surface area contributed by atoms with Crippen LogP contribution in [0.1, 0.15) is 12.5 Å². The van der Waals surface area contributed by atoms with E-state index in [1.165, 1.54) is 0 Å². The van der Waals surface area contributed by atoms with E-state index in [1.54, 1.807) is 24.9 Å². The first-order chi connectivity index (χ1) is 10.1. The van der Waals surface area contributed by atoms with Crippen LogP contribution in [0, 0.1) is 6.92 Å². The fourth-order valence-corrected chi connectivity index (χ4v) is 1.89. The van der Waals surface area contributed by atoms with Crippen molar-refractivity contribution < 1.29 is 0 Å². The van der Waals surface area contributed by atoms with Crippen LogP contribution in [-0.2, 0) is 0 Å². The van der Waals surface area contributed by atoms with Gasteiger partial charge in [0.2, 0.25) is 0 Å². The molecule has 0 aliphatic carbocycles. The van der Waals surface area contributed by atoms with E-state index >= 15 is 0 Å². The van der Waals surface area contributed by atoms with Gasteiger partial charge in [-0.2, -0.15) is 0 Å². The molecule has 0 bridgehead atoms. The van der Waals surface area contributed by atoms with Crippen LogP contribution in [0.4, 0.5) is 17.2 Å². The third-order valence-electron chi connectivity index (χ3n) is 3.06. The quantitative estimate of drug-likeness (QED) is 0.674. The Morgan fingerprint density at radius 3 is 2.86 bits per heavy atom. The molecule has 1 N–H and O–H groups in total. The summed E-state index contributed by atoms with van der Waals surface area (Å²) in [5.41, 5.74) is 2.70. The lowest BCUT2D eigenvalue weighted by atomic mass is 10.1. The van der Waals surface area contributed by atoms with Crippen LogP contribution in [0.25, 0.3) is 0 Å². The predicted molar refractivity (Wildman–Crippen MR) is 88.0 cm³/mol. The molecule has 0 aliphatic heterocycles. The van der Waals surface area contributed by atoms with Crippen molar-refractivity contribution in [3.63, 3.8) is 0 Å². The first-order valence-electron chi connectivity index (χ1n) is 6.67. The molecule has 0 unspecified atom stereocenters. The standard InChI is InChI=1S/C15H18ClN5/c1-4-21(3)10-19-13-7-12(16)8-14(11(13)2)20-15-9-17-5-6-18-15/h5-10H,4H2,1-3H3,(H,18,20)/b19-10-. The third-order valence-corrected chi connectivity index (χ3v) is 3.28. The number of rotatable bonds is 5. The summed E-state index contributed by atoms with van der Waals surface area (Å²) in [4.78, 5) is 14.7. The largest absolute Gasteiger partial charge is 0.366 e. The van der Waals surface area contributed by atoms with Gasteiger partial charge in [-0.1, -0.05) is 11.6 Å². The van der Waals surface area contributed by atoms with E-state index in [0.717, 1.165) is 23.5 Å². The van der Waals surface area contributed by atoms with Gasteiger partial charge in [-0.25, -0.2) is 9.98 Å². The molecule has 0 fully saturated rings. The molecule has 1 aromatic heterocycles. The zero-order chi connectivity index (χ0) is 15.2. The van der Waals surface area contributed by atoms with Gasteiger partial charge in [-0.3, -0.25) is 4.98 Å². The van der Waals surface area contributed by atoms with E-state index in [2.05, 4.69) is 27.2 Å². The van der Waals surface area contributed by atoms with E-state index in [9.17, 15) is 0 Å². The molecule has 2 aromatic rings. The molecule has 6 heteroatoms. The summed E-state index contributed by atoms with van der Waals surface area (Å²) in [7, 11) is 1.97. The summed E-state index contributed by atoms with van der Waals surface area (Å²) in [6.45, 7) is 4.96.